The van der Waals surface area contributed by atoms with Gasteiger partial charge in [0.1, 0.15) is 0 Å². The number of rotatable bonds is 0. The van der Waals surface area contributed by atoms with E-state index in [0.717, 1.165) is 23.7 Å². The molecule has 3 aliphatic rings. The molecule has 0 heterocycles. The first-order valence-corrected chi connectivity index (χ1v) is 4.14. The van der Waals surface area contributed by atoms with E-state index in [9.17, 15) is 0 Å². The van der Waals surface area contributed by atoms with Crippen LogP contribution in [0.2, 0.25) is 0 Å². The highest BCUT2D eigenvalue weighted by molar-refractivity contribution is 6.23. The molecule has 2 saturated carbocycles. The highest BCUT2D eigenvalue weighted by atomic mass is 35.5. The zero-order chi connectivity index (χ0) is 6.01. The molecule has 2 bridgehead atoms. The fourth-order valence-corrected chi connectivity index (χ4v) is 3.32. The highest BCUT2D eigenvalue weighted by Crippen LogP contribution is 2.65. The summed E-state index contributed by atoms with van der Waals surface area (Å²) < 4.78 is 0. The Morgan fingerprint density at radius 3 is 2.11 bits per heavy atom. The fraction of sp³-hybridized carbons (Fsp3) is 0.750. The fourth-order valence-electron chi connectivity index (χ4n) is 2.69. The average molecular weight is 141 g/mol. The number of halogens is 1. The second kappa shape index (κ2) is 1.22. The van der Waals surface area contributed by atoms with Gasteiger partial charge < -0.3 is 0 Å². The van der Waals surface area contributed by atoms with Crippen LogP contribution in [0.25, 0.3) is 0 Å². The second-order valence-electron chi connectivity index (χ2n) is 3.55. The molecular weight excluding hydrogens is 132 g/mol. The molecule has 2 fully saturated rings. The van der Waals surface area contributed by atoms with Crippen molar-refractivity contribution in [2.24, 2.45) is 23.7 Å². The normalized spacial score (nSPS) is 66.6. The van der Waals surface area contributed by atoms with E-state index in [1.54, 1.807) is 0 Å². The van der Waals surface area contributed by atoms with Gasteiger partial charge in [-0.25, -0.2) is 0 Å². The SMILES string of the molecule is ClC1[C@@H]2[C@H]1[C@H]1C=C[C@H]2C1. The van der Waals surface area contributed by atoms with Gasteiger partial charge in [-0.2, -0.15) is 0 Å². The summed E-state index contributed by atoms with van der Waals surface area (Å²) in [4.78, 5) is 0. The van der Waals surface area contributed by atoms with Crippen LogP contribution in [0, 0.1) is 23.7 Å². The van der Waals surface area contributed by atoms with Crippen LogP contribution in [0.5, 0.6) is 0 Å². The van der Waals surface area contributed by atoms with E-state index < -0.39 is 0 Å². The van der Waals surface area contributed by atoms with Crippen molar-refractivity contribution in [3.05, 3.63) is 12.2 Å². The Hall–Kier alpha value is 0.0300. The summed E-state index contributed by atoms with van der Waals surface area (Å²) in [6.45, 7) is 0. The summed E-state index contributed by atoms with van der Waals surface area (Å²) in [5.41, 5.74) is 0. The van der Waals surface area contributed by atoms with E-state index >= 15 is 0 Å². The summed E-state index contributed by atoms with van der Waals surface area (Å²) in [5.74, 6) is 3.54. The summed E-state index contributed by atoms with van der Waals surface area (Å²) in [7, 11) is 0. The van der Waals surface area contributed by atoms with Crippen molar-refractivity contribution in [2.75, 3.05) is 0 Å². The third-order valence-corrected chi connectivity index (χ3v) is 3.76. The Labute approximate surface area is 59.9 Å². The van der Waals surface area contributed by atoms with Crippen molar-refractivity contribution in [2.45, 2.75) is 11.8 Å². The molecule has 0 nitrogen and oxygen atoms in total. The molecule has 48 valence electrons. The van der Waals surface area contributed by atoms with Gasteiger partial charge >= 0.3 is 0 Å². The average Bonchev–Trinajstić information content (AvgIpc) is 2.29. The van der Waals surface area contributed by atoms with Crippen LogP contribution in [0.1, 0.15) is 6.42 Å². The number of alkyl halides is 1. The molecular formula is C8H9Cl. The lowest BCUT2D eigenvalue weighted by Crippen LogP contribution is -1.96. The third-order valence-electron chi connectivity index (χ3n) is 3.18. The molecule has 0 aromatic carbocycles. The van der Waals surface area contributed by atoms with Gasteiger partial charge in [-0.15, -0.1) is 11.6 Å². The first kappa shape index (κ1) is 4.79. The van der Waals surface area contributed by atoms with Crippen LogP contribution in [-0.2, 0) is 0 Å². The Bertz CT molecular complexity index is 167. The van der Waals surface area contributed by atoms with E-state index in [4.69, 9.17) is 11.6 Å². The zero-order valence-electron chi connectivity index (χ0n) is 5.13. The molecule has 0 radical (unpaired) electrons. The maximum absolute atomic E-state index is 6.04. The minimum absolute atomic E-state index is 0.545. The van der Waals surface area contributed by atoms with E-state index in [-0.39, 0.29) is 0 Å². The van der Waals surface area contributed by atoms with E-state index in [0.29, 0.717) is 5.38 Å². The smallest absolute Gasteiger partial charge is 0.0410 e. The molecule has 9 heavy (non-hydrogen) atoms. The van der Waals surface area contributed by atoms with Crippen LogP contribution < -0.4 is 0 Å². The number of allylic oxidation sites excluding steroid dienone is 2. The third kappa shape index (κ3) is 0.400. The summed E-state index contributed by atoms with van der Waals surface area (Å²) in [5, 5.41) is 0.545. The van der Waals surface area contributed by atoms with Gasteiger partial charge in [0.25, 0.3) is 0 Å². The number of fused-ring (bicyclic) bond motifs is 5. The summed E-state index contributed by atoms with van der Waals surface area (Å²) in [6.07, 6.45) is 6.15. The van der Waals surface area contributed by atoms with Crippen molar-refractivity contribution in [1.82, 2.24) is 0 Å². The standard InChI is InChI=1S/C8H9Cl/c9-8-6-4-1-2-5(3-4)7(6)8/h1-2,4-8H,3H2/t4-,5-,6-,7+,8?/m0/s1. The Balaban J connectivity index is 2.03. The Morgan fingerprint density at radius 2 is 1.67 bits per heavy atom. The predicted molar refractivity (Wildman–Crippen MR) is 37.4 cm³/mol. The van der Waals surface area contributed by atoms with E-state index in [2.05, 4.69) is 12.2 Å². The van der Waals surface area contributed by atoms with Gasteiger partial charge in [0.2, 0.25) is 0 Å². The Kier molecular flexibility index (Phi) is 0.649. The van der Waals surface area contributed by atoms with Gasteiger partial charge in [-0.1, -0.05) is 12.2 Å². The quantitative estimate of drug-likeness (QED) is 0.357. The van der Waals surface area contributed by atoms with Crippen LogP contribution in [0.3, 0.4) is 0 Å². The Morgan fingerprint density at radius 1 is 1.11 bits per heavy atom. The molecule has 0 N–H and O–H groups in total. The molecule has 3 rings (SSSR count). The van der Waals surface area contributed by atoms with Crippen molar-refractivity contribution in [3.63, 3.8) is 0 Å². The maximum Gasteiger partial charge on any atom is 0.0410 e. The van der Waals surface area contributed by atoms with Crippen LogP contribution in [-0.4, -0.2) is 5.38 Å². The highest BCUT2D eigenvalue weighted by Gasteiger charge is 2.62. The molecule has 3 aliphatic carbocycles. The van der Waals surface area contributed by atoms with Gasteiger partial charge in [0, 0.05) is 5.38 Å². The molecule has 0 aromatic heterocycles. The molecule has 5 atom stereocenters. The molecule has 0 aromatic rings. The first-order chi connectivity index (χ1) is 4.38. The molecule has 1 unspecified atom stereocenters. The lowest BCUT2D eigenvalue weighted by Gasteiger charge is -2.01. The lowest BCUT2D eigenvalue weighted by atomic mass is 10.1. The topological polar surface area (TPSA) is 0 Å². The second-order valence-corrected chi connectivity index (χ2v) is 4.05. The van der Waals surface area contributed by atoms with Gasteiger partial charge in [-0.05, 0) is 30.1 Å². The minimum Gasteiger partial charge on any atom is -0.122 e. The number of hydrogen-bond acceptors (Lipinski definition) is 0. The monoisotopic (exact) mass is 140 g/mol. The van der Waals surface area contributed by atoms with E-state index in [1.165, 1.54) is 6.42 Å². The van der Waals surface area contributed by atoms with Crippen LogP contribution in [0.4, 0.5) is 0 Å². The largest absolute Gasteiger partial charge is 0.122 e. The summed E-state index contributed by atoms with van der Waals surface area (Å²) >= 11 is 6.04. The molecule has 0 aliphatic heterocycles. The van der Waals surface area contributed by atoms with Gasteiger partial charge in [0.15, 0.2) is 0 Å². The van der Waals surface area contributed by atoms with Crippen LogP contribution >= 0.6 is 11.6 Å². The predicted octanol–water partition coefficient (Wildman–Crippen LogP) is 2.05. The number of hydrogen-bond donors (Lipinski definition) is 0. The van der Waals surface area contributed by atoms with Crippen molar-refractivity contribution in [1.29, 1.82) is 0 Å². The molecule has 1 heteroatoms. The molecule has 0 amide bonds. The van der Waals surface area contributed by atoms with Crippen molar-refractivity contribution in [3.8, 4) is 0 Å². The lowest BCUT2D eigenvalue weighted by molar-refractivity contribution is 0.577. The minimum atomic E-state index is 0.545. The van der Waals surface area contributed by atoms with Crippen LogP contribution in [0.15, 0.2) is 12.2 Å². The molecule has 0 saturated heterocycles. The van der Waals surface area contributed by atoms with Gasteiger partial charge in [0.05, 0.1) is 0 Å². The van der Waals surface area contributed by atoms with E-state index in [1.807, 2.05) is 0 Å². The first-order valence-electron chi connectivity index (χ1n) is 3.70. The zero-order valence-corrected chi connectivity index (χ0v) is 5.88. The maximum atomic E-state index is 6.04. The van der Waals surface area contributed by atoms with Gasteiger partial charge in [-0.3, -0.25) is 0 Å². The molecule has 0 spiro atoms. The van der Waals surface area contributed by atoms with Crippen molar-refractivity contribution >= 4 is 11.6 Å². The van der Waals surface area contributed by atoms with Crippen molar-refractivity contribution < 1.29 is 0 Å². The summed E-state index contributed by atoms with van der Waals surface area (Å²) in [6, 6.07) is 0.